The maximum absolute atomic E-state index is 12.2. The van der Waals surface area contributed by atoms with Gasteiger partial charge in [0, 0.05) is 24.4 Å². The molecule has 136 valence electrons. The number of hydrogen-bond donors (Lipinski definition) is 2. The molecule has 2 atom stereocenters. The molecule has 0 saturated heterocycles. The van der Waals surface area contributed by atoms with Crippen LogP contribution in [0.2, 0.25) is 0 Å². The van der Waals surface area contributed by atoms with E-state index in [1.807, 2.05) is 19.1 Å². The van der Waals surface area contributed by atoms with Crippen LogP contribution in [0.15, 0.2) is 24.3 Å². The van der Waals surface area contributed by atoms with Crippen molar-refractivity contribution in [2.24, 2.45) is 5.92 Å². The van der Waals surface area contributed by atoms with Crippen LogP contribution >= 0.6 is 0 Å². The highest BCUT2D eigenvalue weighted by Crippen LogP contribution is 2.23. The maximum Gasteiger partial charge on any atom is 0.308 e. The van der Waals surface area contributed by atoms with E-state index in [9.17, 15) is 19.5 Å². The number of rotatable bonds is 6. The number of ketones is 1. The lowest BCUT2D eigenvalue weighted by Crippen LogP contribution is -2.44. The minimum Gasteiger partial charge on any atom is -0.481 e. The van der Waals surface area contributed by atoms with Crippen molar-refractivity contribution in [3.8, 4) is 0 Å². The molecule has 2 unspecified atom stereocenters. The minimum absolute atomic E-state index is 0.0670. The fourth-order valence-electron chi connectivity index (χ4n) is 3.34. The lowest BCUT2D eigenvalue weighted by Gasteiger charge is -2.27. The second kappa shape index (κ2) is 9.35. The van der Waals surface area contributed by atoms with E-state index < -0.39 is 11.9 Å². The summed E-state index contributed by atoms with van der Waals surface area (Å²) in [7, 11) is 0. The van der Waals surface area contributed by atoms with Gasteiger partial charge in [0.25, 0.3) is 0 Å². The number of carboxylic acid groups (broad SMARTS) is 1. The number of aliphatic carboxylic acids is 1. The van der Waals surface area contributed by atoms with Gasteiger partial charge in [0.2, 0.25) is 5.91 Å². The SMILES string of the molecule is Cc1ccc(C(=O)CCC(=O)NC2CCCCCCC2C(=O)O)cc1. The molecule has 1 aromatic carbocycles. The third-order valence-electron chi connectivity index (χ3n) is 4.88. The molecule has 0 heterocycles. The van der Waals surface area contributed by atoms with Crippen LogP contribution in [0, 0.1) is 12.8 Å². The van der Waals surface area contributed by atoms with E-state index in [0.717, 1.165) is 31.2 Å². The Labute approximate surface area is 148 Å². The molecule has 5 nitrogen and oxygen atoms in total. The Morgan fingerprint density at radius 3 is 2.28 bits per heavy atom. The van der Waals surface area contributed by atoms with E-state index in [4.69, 9.17) is 0 Å². The fraction of sp³-hybridized carbons (Fsp3) is 0.550. The van der Waals surface area contributed by atoms with E-state index in [0.29, 0.717) is 18.4 Å². The third kappa shape index (κ3) is 6.00. The lowest BCUT2D eigenvalue weighted by atomic mass is 9.86. The molecule has 0 aliphatic heterocycles. The first-order valence-electron chi connectivity index (χ1n) is 9.09. The van der Waals surface area contributed by atoms with E-state index in [-0.39, 0.29) is 30.6 Å². The Balaban J connectivity index is 1.87. The fourth-order valence-corrected chi connectivity index (χ4v) is 3.34. The number of carbonyl (C=O) groups is 3. The smallest absolute Gasteiger partial charge is 0.308 e. The van der Waals surface area contributed by atoms with E-state index in [2.05, 4.69) is 5.32 Å². The molecule has 1 aliphatic carbocycles. The number of aryl methyl sites for hydroxylation is 1. The van der Waals surface area contributed by atoms with Crippen LogP contribution in [0.3, 0.4) is 0 Å². The summed E-state index contributed by atoms with van der Waals surface area (Å²) >= 11 is 0. The van der Waals surface area contributed by atoms with Crippen LogP contribution in [0.4, 0.5) is 0 Å². The number of nitrogens with one attached hydrogen (secondary N) is 1. The van der Waals surface area contributed by atoms with Crippen molar-refractivity contribution in [2.75, 3.05) is 0 Å². The summed E-state index contributed by atoms with van der Waals surface area (Å²) < 4.78 is 0. The summed E-state index contributed by atoms with van der Waals surface area (Å²) in [5.41, 5.74) is 1.69. The number of benzene rings is 1. The Kier molecular flexibility index (Phi) is 7.16. The summed E-state index contributed by atoms with van der Waals surface area (Å²) in [6, 6.07) is 6.95. The van der Waals surface area contributed by atoms with Crippen LogP contribution in [0.5, 0.6) is 0 Å². The third-order valence-corrected chi connectivity index (χ3v) is 4.88. The van der Waals surface area contributed by atoms with Crippen LogP contribution in [-0.4, -0.2) is 28.8 Å². The van der Waals surface area contributed by atoms with Gasteiger partial charge in [0.1, 0.15) is 0 Å². The highest BCUT2D eigenvalue weighted by Gasteiger charge is 2.29. The van der Waals surface area contributed by atoms with Gasteiger partial charge >= 0.3 is 5.97 Å². The van der Waals surface area contributed by atoms with E-state index in [1.165, 1.54) is 0 Å². The van der Waals surface area contributed by atoms with Crippen LogP contribution in [-0.2, 0) is 9.59 Å². The molecule has 1 amide bonds. The van der Waals surface area contributed by atoms with Gasteiger partial charge in [0.15, 0.2) is 5.78 Å². The Morgan fingerprint density at radius 2 is 1.64 bits per heavy atom. The number of amides is 1. The molecule has 0 aromatic heterocycles. The second-order valence-electron chi connectivity index (χ2n) is 6.90. The van der Waals surface area contributed by atoms with Crippen molar-refractivity contribution in [2.45, 2.75) is 64.3 Å². The van der Waals surface area contributed by atoms with Crippen LogP contribution in [0.1, 0.15) is 67.3 Å². The molecule has 0 radical (unpaired) electrons. The van der Waals surface area contributed by atoms with Crippen LogP contribution < -0.4 is 5.32 Å². The summed E-state index contributed by atoms with van der Waals surface area (Å²) in [4.78, 5) is 35.8. The largest absolute Gasteiger partial charge is 0.481 e. The highest BCUT2D eigenvalue weighted by atomic mass is 16.4. The van der Waals surface area contributed by atoms with Crippen LogP contribution in [0.25, 0.3) is 0 Å². The normalized spacial score (nSPS) is 21.0. The van der Waals surface area contributed by atoms with Gasteiger partial charge in [-0.1, -0.05) is 55.5 Å². The predicted molar refractivity (Wildman–Crippen MR) is 95.5 cm³/mol. The van der Waals surface area contributed by atoms with Crippen molar-refractivity contribution < 1.29 is 19.5 Å². The molecule has 25 heavy (non-hydrogen) atoms. The van der Waals surface area contributed by atoms with Gasteiger partial charge in [-0.25, -0.2) is 0 Å². The van der Waals surface area contributed by atoms with Crippen molar-refractivity contribution in [3.05, 3.63) is 35.4 Å². The van der Waals surface area contributed by atoms with Gasteiger partial charge in [-0.15, -0.1) is 0 Å². The zero-order valence-corrected chi connectivity index (χ0v) is 14.8. The molecule has 2 N–H and O–H groups in total. The Hall–Kier alpha value is -2.17. The highest BCUT2D eigenvalue weighted by molar-refractivity contribution is 5.98. The molecule has 0 bridgehead atoms. The van der Waals surface area contributed by atoms with Gasteiger partial charge in [-0.05, 0) is 19.8 Å². The van der Waals surface area contributed by atoms with Gasteiger partial charge in [-0.2, -0.15) is 0 Å². The van der Waals surface area contributed by atoms with Gasteiger partial charge in [-0.3, -0.25) is 14.4 Å². The van der Waals surface area contributed by atoms with Crippen molar-refractivity contribution >= 4 is 17.7 Å². The predicted octanol–water partition coefficient (Wildman–Crippen LogP) is 3.50. The van der Waals surface area contributed by atoms with E-state index in [1.54, 1.807) is 12.1 Å². The first kappa shape index (κ1) is 19.2. The Bertz CT molecular complexity index is 609. The van der Waals surface area contributed by atoms with Crippen molar-refractivity contribution in [1.29, 1.82) is 0 Å². The number of hydrogen-bond acceptors (Lipinski definition) is 3. The van der Waals surface area contributed by atoms with Crippen molar-refractivity contribution in [1.82, 2.24) is 5.32 Å². The molecular weight excluding hydrogens is 318 g/mol. The average molecular weight is 345 g/mol. The molecular formula is C20H27NO4. The number of carboxylic acids is 1. The summed E-state index contributed by atoms with van der Waals surface area (Å²) in [5, 5.41) is 12.3. The molecule has 1 saturated carbocycles. The molecule has 1 aromatic rings. The summed E-state index contributed by atoms with van der Waals surface area (Å²) in [6.45, 7) is 1.95. The molecule has 0 spiro atoms. The maximum atomic E-state index is 12.2. The summed E-state index contributed by atoms with van der Waals surface area (Å²) in [5.74, 6) is -1.68. The number of carbonyl (C=O) groups excluding carboxylic acids is 2. The van der Waals surface area contributed by atoms with Gasteiger partial charge in [0.05, 0.1) is 5.92 Å². The minimum atomic E-state index is -0.845. The van der Waals surface area contributed by atoms with Gasteiger partial charge < -0.3 is 10.4 Å². The average Bonchev–Trinajstić information content (AvgIpc) is 2.55. The zero-order valence-electron chi connectivity index (χ0n) is 14.8. The van der Waals surface area contributed by atoms with Crippen molar-refractivity contribution in [3.63, 3.8) is 0 Å². The number of Topliss-reactive ketones (excluding diaryl/α,β-unsaturated/α-hetero) is 1. The monoisotopic (exact) mass is 345 g/mol. The molecule has 2 rings (SSSR count). The van der Waals surface area contributed by atoms with E-state index >= 15 is 0 Å². The first-order valence-corrected chi connectivity index (χ1v) is 9.09. The molecule has 5 heteroatoms. The first-order chi connectivity index (χ1) is 12.0. The second-order valence-corrected chi connectivity index (χ2v) is 6.90. The Morgan fingerprint density at radius 1 is 1.00 bits per heavy atom. The zero-order chi connectivity index (χ0) is 18.2. The standard InChI is InChI=1S/C20H27NO4/c1-14-8-10-15(11-9-14)18(22)12-13-19(23)21-17-7-5-3-2-4-6-16(17)20(24)25/h8-11,16-17H,2-7,12-13H2,1H3,(H,21,23)(H,24,25). The quantitative estimate of drug-likeness (QED) is 0.773. The topological polar surface area (TPSA) is 83.5 Å². The molecule has 1 aliphatic rings. The summed E-state index contributed by atoms with van der Waals surface area (Å²) in [6.07, 6.45) is 5.46. The lowest BCUT2D eigenvalue weighted by molar-refractivity contribution is -0.143. The molecule has 1 fully saturated rings.